The minimum absolute atomic E-state index is 0.198. The van der Waals surface area contributed by atoms with Crippen LogP contribution >= 0.6 is 0 Å². The molecule has 0 aliphatic carbocycles. The molecule has 25 heavy (non-hydrogen) atoms. The Morgan fingerprint density at radius 3 is 2.60 bits per heavy atom. The maximum absolute atomic E-state index is 11.4. The van der Waals surface area contributed by atoms with Gasteiger partial charge in [-0.3, -0.25) is 9.80 Å². The van der Waals surface area contributed by atoms with Gasteiger partial charge in [-0.1, -0.05) is 6.07 Å². The summed E-state index contributed by atoms with van der Waals surface area (Å²) in [7, 11) is 1.75. The summed E-state index contributed by atoms with van der Waals surface area (Å²) in [5.74, 6) is 1.08. The van der Waals surface area contributed by atoms with Crippen LogP contribution < -0.4 is 10.6 Å². The van der Waals surface area contributed by atoms with Crippen molar-refractivity contribution in [3.05, 3.63) is 52.8 Å². The number of pyridine rings is 1. The number of anilines is 1. The highest BCUT2D eigenvalue weighted by Gasteiger charge is 2.33. The van der Waals surface area contributed by atoms with Crippen LogP contribution in [0.1, 0.15) is 5.56 Å². The Hall–Kier alpha value is -2.25. The van der Waals surface area contributed by atoms with Gasteiger partial charge in [-0.05, 0) is 12.1 Å². The van der Waals surface area contributed by atoms with E-state index >= 15 is 0 Å². The second kappa shape index (κ2) is 6.93. The number of aryl methyl sites for hydroxylation is 1. The monoisotopic (exact) mass is 340 g/mol. The third kappa shape index (κ3) is 3.57. The zero-order chi connectivity index (χ0) is 17.2. The van der Waals surface area contributed by atoms with Crippen molar-refractivity contribution in [2.45, 2.75) is 12.6 Å². The van der Waals surface area contributed by atoms with Crippen LogP contribution in [0.25, 0.3) is 0 Å². The Morgan fingerprint density at radius 1 is 1.12 bits per heavy atom. The summed E-state index contributed by atoms with van der Waals surface area (Å²) >= 11 is 0. The molecule has 7 nitrogen and oxygen atoms in total. The van der Waals surface area contributed by atoms with E-state index in [4.69, 9.17) is 0 Å². The van der Waals surface area contributed by atoms with Gasteiger partial charge in [0.1, 0.15) is 5.82 Å². The Kier molecular flexibility index (Phi) is 4.50. The molecular formula is C18H24N6O. The maximum atomic E-state index is 11.4. The van der Waals surface area contributed by atoms with E-state index in [1.165, 1.54) is 0 Å². The van der Waals surface area contributed by atoms with Crippen molar-refractivity contribution in [2.75, 3.05) is 44.2 Å². The van der Waals surface area contributed by atoms with Crippen molar-refractivity contribution < 1.29 is 0 Å². The summed E-state index contributed by atoms with van der Waals surface area (Å²) in [6.45, 7) is 7.31. The van der Waals surface area contributed by atoms with Crippen molar-refractivity contribution >= 4 is 5.82 Å². The Labute approximate surface area is 147 Å². The van der Waals surface area contributed by atoms with Crippen LogP contribution in [0.3, 0.4) is 0 Å². The summed E-state index contributed by atoms with van der Waals surface area (Å²) in [6, 6.07) is 6.74. The summed E-state index contributed by atoms with van der Waals surface area (Å²) < 4.78 is 1.55. The number of nitrogens with zero attached hydrogens (tertiary/aromatic N) is 6. The first-order valence-corrected chi connectivity index (χ1v) is 8.83. The van der Waals surface area contributed by atoms with Gasteiger partial charge in [0.15, 0.2) is 0 Å². The highest BCUT2D eigenvalue weighted by atomic mass is 16.1. The first kappa shape index (κ1) is 16.2. The topological polar surface area (TPSA) is 57.5 Å². The van der Waals surface area contributed by atoms with Gasteiger partial charge in [-0.15, -0.1) is 0 Å². The molecule has 0 radical (unpaired) electrons. The number of hydrogen-bond donors (Lipinski definition) is 0. The van der Waals surface area contributed by atoms with Gasteiger partial charge in [0.2, 0.25) is 0 Å². The molecule has 0 N–H and O–H groups in total. The van der Waals surface area contributed by atoms with Crippen LogP contribution in [0.4, 0.5) is 5.82 Å². The lowest BCUT2D eigenvalue weighted by Gasteiger charge is -2.48. The van der Waals surface area contributed by atoms with Gasteiger partial charge in [-0.2, -0.15) is 0 Å². The molecule has 0 saturated carbocycles. The van der Waals surface area contributed by atoms with Crippen LogP contribution in [0.2, 0.25) is 0 Å². The molecule has 0 unspecified atom stereocenters. The van der Waals surface area contributed by atoms with Gasteiger partial charge in [0, 0.05) is 83.1 Å². The number of aromatic nitrogens is 3. The molecule has 2 fully saturated rings. The Morgan fingerprint density at radius 2 is 1.92 bits per heavy atom. The van der Waals surface area contributed by atoms with E-state index < -0.39 is 0 Å². The third-order valence-electron chi connectivity index (χ3n) is 5.15. The molecule has 7 heteroatoms. The quantitative estimate of drug-likeness (QED) is 0.792. The second-order valence-corrected chi connectivity index (χ2v) is 6.91. The molecule has 2 aliphatic heterocycles. The van der Waals surface area contributed by atoms with Gasteiger partial charge in [-0.25, -0.2) is 14.8 Å². The average Bonchev–Trinajstić information content (AvgIpc) is 2.62. The maximum Gasteiger partial charge on any atom is 0.347 e. The lowest BCUT2D eigenvalue weighted by atomic mass is 10.1. The van der Waals surface area contributed by atoms with Crippen LogP contribution in [-0.2, 0) is 13.6 Å². The van der Waals surface area contributed by atoms with Gasteiger partial charge in [0.05, 0.1) is 0 Å². The molecule has 4 heterocycles. The van der Waals surface area contributed by atoms with Crippen molar-refractivity contribution in [1.29, 1.82) is 0 Å². The molecule has 0 atom stereocenters. The van der Waals surface area contributed by atoms with Gasteiger partial charge < -0.3 is 9.47 Å². The molecule has 0 amide bonds. The van der Waals surface area contributed by atoms with E-state index in [0.29, 0.717) is 6.04 Å². The first-order valence-electron chi connectivity index (χ1n) is 8.83. The molecule has 2 saturated heterocycles. The van der Waals surface area contributed by atoms with E-state index in [-0.39, 0.29) is 5.69 Å². The Bertz CT molecular complexity index is 763. The van der Waals surface area contributed by atoms with Gasteiger partial charge >= 0.3 is 5.69 Å². The molecular weight excluding hydrogens is 316 g/mol. The van der Waals surface area contributed by atoms with E-state index in [1.807, 2.05) is 24.5 Å². The lowest BCUT2D eigenvalue weighted by Crippen LogP contribution is -2.62. The molecule has 4 rings (SSSR count). The highest BCUT2D eigenvalue weighted by Crippen LogP contribution is 2.20. The van der Waals surface area contributed by atoms with Gasteiger partial charge in [0.25, 0.3) is 0 Å². The largest absolute Gasteiger partial charge is 0.354 e. The van der Waals surface area contributed by atoms with Crippen molar-refractivity contribution in [3.8, 4) is 0 Å². The number of hydrogen-bond acceptors (Lipinski definition) is 6. The van der Waals surface area contributed by atoms with Crippen molar-refractivity contribution in [2.24, 2.45) is 7.05 Å². The van der Waals surface area contributed by atoms with E-state index in [0.717, 1.165) is 57.2 Å². The second-order valence-electron chi connectivity index (χ2n) is 6.91. The summed E-state index contributed by atoms with van der Waals surface area (Å²) in [6.07, 6.45) is 5.44. The van der Waals surface area contributed by atoms with E-state index in [1.54, 1.807) is 17.8 Å². The van der Waals surface area contributed by atoms with Crippen LogP contribution in [0, 0.1) is 0 Å². The smallest absolute Gasteiger partial charge is 0.347 e. The first-order chi connectivity index (χ1) is 12.2. The SMILES string of the molecule is Cn1cc(CN2CC(N3CCN(c4ccccn4)CC3)C2)cnc1=O. The average molecular weight is 340 g/mol. The zero-order valence-electron chi connectivity index (χ0n) is 14.6. The van der Waals surface area contributed by atoms with Crippen molar-refractivity contribution in [1.82, 2.24) is 24.3 Å². The van der Waals surface area contributed by atoms with E-state index in [2.05, 4.69) is 30.7 Å². The highest BCUT2D eigenvalue weighted by molar-refractivity contribution is 5.38. The minimum Gasteiger partial charge on any atom is -0.354 e. The fraction of sp³-hybridized carbons (Fsp3) is 0.500. The molecule has 132 valence electrons. The fourth-order valence-electron chi connectivity index (χ4n) is 3.67. The standard InChI is InChI=1S/C18H24N6O/c1-21-11-15(10-20-18(21)25)12-22-13-16(14-22)23-6-8-24(9-7-23)17-4-2-3-5-19-17/h2-5,10-11,16H,6-9,12-14H2,1H3. The normalized spacial score (nSPS) is 19.8. The molecule has 0 aromatic carbocycles. The number of rotatable bonds is 4. The zero-order valence-corrected chi connectivity index (χ0v) is 14.6. The van der Waals surface area contributed by atoms with Crippen molar-refractivity contribution in [3.63, 3.8) is 0 Å². The summed E-state index contributed by atoms with van der Waals surface area (Å²) in [5, 5.41) is 0. The predicted octanol–water partition coefficient (Wildman–Crippen LogP) is 0.182. The third-order valence-corrected chi connectivity index (χ3v) is 5.15. The molecule has 2 aliphatic rings. The molecule has 0 bridgehead atoms. The van der Waals surface area contributed by atoms with Crippen LogP contribution in [0.5, 0.6) is 0 Å². The predicted molar refractivity (Wildman–Crippen MR) is 96.6 cm³/mol. The lowest BCUT2D eigenvalue weighted by molar-refractivity contribution is 0.0254. The summed E-state index contributed by atoms with van der Waals surface area (Å²) in [4.78, 5) is 27.1. The molecule has 0 spiro atoms. The fourth-order valence-corrected chi connectivity index (χ4v) is 3.67. The molecule has 2 aromatic heterocycles. The molecule has 2 aromatic rings. The van der Waals surface area contributed by atoms with Crippen LogP contribution in [0.15, 0.2) is 41.6 Å². The number of piperazine rings is 1. The number of likely N-dealkylation sites (tertiary alicyclic amines) is 1. The minimum atomic E-state index is -0.198. The Balaban J connectivity index is 1.25. The van der Waals surface area contributed by atoms with E-state index in [9.17, 15) is 4.79 Å². The van der Waals surface area contributed by atoms with Crippen LogP contribution in [-0.4, -0.2) is 69.6 Å². The summed E-state index contributed by atoms with van der Waals surface area (Å²) in [5.41, 5.74) is 0.900.